The molecule has 0 radical (unpaired) electrons. The number of hydrazone groups is 1. The molecule has 1 aromatic heterocycles. The van der Waals surface area contributed by atoms with Crippen molar-refractivity contribution in [2.24, 2.45) is 5.10 Å². The number of carboxylic acids is 1. The highest BCUT2D eigenvalue weighted by atomic mass is 35.5. The van der Waals surface area contributed by atoms with Crippen molar-refractivity contribution in [2.75, 3.05) is 6.61 Å². The van der Waals surface area contributed by atoms with Gasteiger partial charge in [0.1, 0.15) is 11.5 Å². The lowest BCUT2D eigenvalue weighted by atomic mass is 10.0. The molecule has 1 atom stereocenters. The van der Waals surface area contributed by atoms with Crippen LogP contribution in [-0.4, -0.2) is 35.9 Å². The summed E-state index contributed by atoms with van der Waals surface area (Å²) in [6, 6.07) is 16.2. The number of benzene rings is 2. The number of amides is 2. The molecule has 3 aromatic rings. The Morgan fingerprint density at radius 2 is 1.91 bits per heavy atom. The van der Waals surface area contributed by atoms with Crippen molar-refractivity contribution in [2.45, 2.75) is 19.4 Å². The summed E-state index contributed by atoms with van der Waals surface area (Å²) in [5.41, 5.74) is 3.63. The smallest absolute Gasteiger partial charge is 0.407 e. The maximum Gasteiger partial charge on any atom is 0.407 e. The molecule has 2 amide bonds. The SMILES string of the molecule is CCOC(=O)N[C@H](CC(=O)N/N=C\c1ccc(-c2ccc(Cl)c(C(=O)O)c2)o1)c1ccccc1. The van der Waals surface area contributed by atoms with E-state index in [4.69, 9.17) is 20.8 Å². The number of carbonyl (C=O) groups is 3. The summed E-state index contributed by atoms with van der Waals surface area (Å²) < 4.78 is 10.6. The van der Waals surface area contributed by atoms with Crippen molar-refractivity contribution < 1.29 is 28.6 Å². The number of halogens is 1. The zero-order valence-electron chi connectivity index (χ0n) is 18.2. The molecule has 0 spiro atoms. The summed E-state index contributed by atoms with van der Waals surface area (Å²) in [5, 5.41) is 15.9. The second-order valence-corrected chi connectivity index (χ2v) is 7.43. The summed E-state index contributed by atoms with van der Waals surface area (Å²) in [6.45, 7) is 1.90. The zero-order valence-corrected chi connectivity index (χ0v) is 18.9. The fraction of sp³-hybridized carbons (Fsp3) is 0.167. The first-order valence-corrected chi connectivity index (χ1v) is 10.7. The number of alkyl carbamates (subject to hydrolysis) is 1. The Bertz CT molecular complexity index is 1190. The Morgan fingerprint density at radius 3 is 2.62 bits per heavy atom. The minimum absolute atomic E-state index is 0.0394. The van der Waals surface area contributed by atoms with Gasteiger partial charge in [0.15, 0.2) is 0 Å². The molecule has 34 heavy (non-hydrogen) atoms. The number of hydrogen-bond acceptors (Lipinski definition) is 6. The van der Waals surface area contributed by atoms with Gasteiger partial charge in [-0.3, -0.25) is 4.79 Å². The van der Waals surface area contributed by atoms with Gasteiger partial charge in [-0.2, -0.15) is 5.10 Å². The number of hydrogen-bond donors (Lipinski definition) is 3. The van der Waals surface area contributed by atoms with Gasteiger partial charge in [0.05, 0.1) is 35.9 Å². The van der Waals surface area contributed by atoms with E-state index in [-0.39, 0.29) is 23.6 Å². The van der Waals surface area contributed by atoms with E-state index in [0.29, 0.717) is 17.1 Å². The van der Waals surface area contributed by atoms with Crippen LogP contribution in [0.2, 0.25) is 5.02 Å². The van der Waals surface area contributed by atoms with E-state index in [1.807, 2.05) is 6.07 Å². The second kappa shape index (κ2) is 11.7. The van der Waals surface area contributed by atoms with Crippen molar-refractivity contribution in [1.82, 2.24) is 10.7 Å². The zero-order chi connectivity index (χ0) is 24.5. The lowest BCUT2D eigenvalue weighted by Gasteiger charge is -2.17. The molecule has 1 heterocycles. The lowest BCUT2D eigenvalue weighted by Crippen LogP contribution is -2.33. The van der Waals surface area contributed by atoms with Crippen molar-refractivity contribution >= 4 is 35.8 Å². The molecule has 0 saturated carbocycles. The molecule has 0 bridgehead atoms. The highest BCUT2D eigenvalue weighted by Gasteiger charge is 2.19. The molecule has 3 N–H and O–H groups in total. The van der Waals surface area contributed by atoms with Crippen molar-refractivity contribution in [3.63, 3.8) is 0 Å². The van der Waals surface area contributed by atoms with Gasteiger partial charge in [0.2, 0.25) is 5.91 Å². The minimum Gasteiger partial charge on any atom is -0.478 e. The van der Waals surface area contributed by atoms with E-state index in [2.05, 4.69) is 15.8 Å². The average molecular weight is 484 g/mol. The van der Waals surface area contributed by atoms with E-state index < -0.39 is 24.0 Å². The topological polar surface area (TPSA) is 130 Å². The van der Waals surface area contributed by atoms with Crippen LogP contribution in [0.1, 0.15) is 41.1 Å². The molecule has 10 heteroatoms. The van der Waals surface area contributed by atoms with Crippen molar-refractivity contribution in [1.29, 1.82) is 0 Å². The van der Waals surface area contributed by atoms with Crippen LogP contribution in [0.5, 0.6) is 0 Å². The fourth-order valence-corrected chi connectivity index (χ4v) is 3.27. The van der Waals surface area contributed by atoms with Gasteiger partial charge >= 0.3 is 12.1 Å². The maximum atomic E-state index is 12.4. The number of nitrogens with zero attached hydrogens (tertiary/aromatic N) is 1. The summed E-state index contributed by atoms with van der Waals surface area (Å²) in [6.07, 6.45) is 0.627. The fourth-order valence-electron chi connectivity index (χ4n) is 3.07. The van der Waals surface area contributed by atoms with E-state index in [0.717, 1.165) is 5.56 Å². The van der Waals surface area contributed by atoms with Gasteiger partial charge in [-0.05, 0) is 42.8 Å². The molecule has 3 rings (SSSR count). The molecule has 0 unspecified atom stereocenters. The van der Waals surface area contributed by atoms with Crippen molar-refractivity contribution in [3.8, 4) is 11.3 Å². The minimum atomic E-state index is -1.14. The van der Waals surface area contributed by atoms with Crippen LogP contribution in [0.4, 0.5) is 4.79 Å². The standard InChI is InChI=1S/C24H22ClN3O6/c1-2-33-24(32)27-20(15-6-4-3-5-7-15)13-22(29)28-26-14-17-9-11-21(34-17)16-8-10-19(25)18(12-16)23(30)31/h3-12,14,20H,2,13H2,1H3,(H,27,32)(H,28,29)(H,30,31)/b26-14-/t20-/m1/s1. The van der Waals surface area contributed by atoms with Gasteiger partial charge in [-0.25, -0.2) is 15.0 Å². The monoisotopic (exact) mass is 483 g/mol. The Labute approximate surface area is 200 Å². The van der Waals surface area contributed by atoms with Crippen LogP contribution in [0.3, 0.4) is 0 Å². The Morgan fingerprint density at radius 1 is 1.15 bits per heavy atom. The van der Waals surface area contributed by atoms with Crippen LogP contribution in [-0.2, 0) is 9.53 Å². The summed E-state index contributed by atoms with van der Waals surface area (Å²) in [4.78, 5) is 35.5. The Kier molecular flexibility index (Phi) is 8.42. The largest absolute Gasteiger partial charge is 0.478 e. The second-order valence-electron chi connectivity index (χ2n) is 7.03. The molecule has 0 aliphatic rings. The van der Waals surface area contributed by atoms with Crippen LogP contribution < -0.4 is 10.7 Å². The normalized spacial score (nSPS) is 11.7. The van der Waals surface area contributed by atoms with Crippen LogP contribution in [0.15, 0.2) is 70.2 Å². The van der Waals surface area contributed by atoms with Gasteiger partial charge < -0.3 is 19.6 Å². The number of carbonyl (C=O) groups excluding carboxylic acids is 2. The third-order valence-electron chi connectivity index (χ3n) is 4.65. The third-order valence-corrected chi connectivity index (χ3v) is 4.98. The van der Waals surface area contributed by atoms with E-state index >= 15 is 0 Å². The average Bonchev–Trinajstić information content (AvgIpc) is 3.28. The summed E-state index contributed by atoms with van der Waals surface area (Å²) in [5.74, 6) is -0.826. The molecule has 176 valence electrons. The van der Waals surface area contributed by atoms with Crippen LogP contribution in [0, 0.1) is 0 Å². The van der Waals surface area contributed by atoms with Crippen LogP contribution in [0.25, 0.3) is 11.3 Å². The Balaban J connectivity index is 1.63. The van der Waals surface area contributed by atoms with Crippen molar-refractivity contribution in [3.05, 3.63) is 82.6 Å². The van der Waals surface area contributed by atoms with E-state index in [1.54, 1.807) is 49.4 Å². The van der Waals surface area contributed by atoms with E-state index in [9.17, 15) is 19.5 Å². The molecule has 0 aliphatic heterocycles. The molecule has 2 aromatic carbocycles. The predicted molar refractivity (Wildman–Crippen MR) is 126 cm³/mol. The Hall–Kier alpha value is -4.11. The van der Waals surface area contributed by atoms with Crippen LogP contribution >= 0.6 is 11.6 Å². The lowest BCUT2D eigenvalue weighted by molar-refractivity contribution is -0.121. The highest BCUT2D eigenvalue weighted by molar-refractivity contribution is 6.33. The third kappa shape index (κ3) is 6.69. The molecular formula is C24H22ClN3O6. The first kappa shape index (κ1) is 24.5. The highest BCUT2D eigenvalue weighted by Crippen LogP contribution is 2.26. The number of nitrogens with one attached hydrogen (secondary N) is 2. The summed E-state index contributed by atoms with van der Waals surface area (Å²) >= 11 is 5.90. The number of aromatic carboxylic acids is 1. The number of rotatable bonds is 9. The number of ether oxygens (including phenoxy) is 1. The van der Waals surface area contributed by atoms with Gasteiger partial charge in [-0.1, -0.05) is 41.9 Å². The van der Waals surface area contributed by atoms with Gasteiger partial charge in [0.25, 0.3) is 0 Å². The van der Waals surface area contributed by atoms with Gasteiger partial charge in [0, 0.05) is 5.56 Å². The quantitative estimate of drug-likeness (QED) is 0.300. The first-order valence-electron chi connectivity index (χ1n) is 10.3. The summed E-state index contributed by atoms with van der Waals surface area (Å²) in [7, 11) is 0. The molecule has 0 saturated heterocycles. The molecular weight excluding hydrogens is 462 g/mol. The van der Waals surface area contributed by atoms with E-state index in [1.165, 1.54) is 18.3 Å². The molecule has 0 aliphatic carbocycles. The first-order chi connectivity index (χ1) is 16.4. The maximum absolute atomic E-state index is 12.4. The van der Waals surface area contributed by atoms with Gasteiger partial charge in [-0.15, -0.1) is 0 Å². The molecule has 0 fully saturated rings. The molecule has 9 nitrogen and oxygen atoms in total. The number of carboxylic acid groups (broad SMARTS) is 1. The number of furan rings is 1. The predicted octanol–water partition coefficient (Wildman–Crippen LogP) is 4.63.